The minimum Gasteiger partial charge on any atom is -0.384 e. The Bertz CT molecular complexity index is 2940. The topological polar surface area (TPSA) is 15.3 Å². The smallest absolute Gasteiger partial charge is 0.0708 e. The highest BCUT2D eigenvalue weighted by Crippen LogP contribution is 2.45. The van der Waals surface area contributed by atoms with Gasteiger partial charge in [0, 0.05) is 44.6 Å². The van der Waals surface area contributed by atoms with Crippen molar-refractivity contribution in [3.63, 3.8) is 0 Å². The first kappa shape index (κ1) is 30.9. The molecule has 3 heteroatoms. The number of nitrogens with zero attached hydrogens (tertiary/aromatic N) is 1. The second-order valence-electron chi connectivity index (χ2n) is 14.1. The molecule has 2 nitrogen and oxygen atoms in total. The van der Waals surface area contributed by atoms with Gasteiger partial charge in [0.25, 0.3) is 0 Å². The van der Waals surface area contributed by atoms with E-state index in [0.717, 1.165) is 23.6 Å². The molecule has 10 aromatic rings. The molecule has 0 atom stereocenters. The number of anilines is 2. The predicted molar refractivity (Wildman–Crippen MR) is 233 cm³/mol. The summed E-state index contributed by atoms with van der Waals surface area (Å²) in [6.07, 6.45) is 2.21. The van der Waals surface area contributed by atoms with Crippen molar-refractivity contribution in [2.45, 2.75) is 6.54 Å². The average molecular weight is 707 g/mol. The summed E-state index contributed by atoms with van der Waals surface area (Å²) in [4.78, 5) is 3.78. The zero-order valence-corrected chi connectivity index (χ0v) is 30.3. The zero-order valence-electron chi connectivity index (χ0n) is 29.5. The van der Waals surface area contributed by atoms with Crippen LogP contribution in [0.25, 0.3) is 81.1 Å². The molecule has 1 aliphatic heterocycles. The van der Waals surface area contributed by atoms with E-state index < -0.39 is 0 Å². The van der Waals surface area contributed by atoms with Crippen LogP contribution in [-0.4, -0.2) is 0 Å². The summed E-state index contributed by atoms with van der Waals surface area (Å²) < 4.78 is 1.31. The molecule has 0 unspecified atom stereocenters. The maximum Gasteiger partial charge on any atom is 0.0708 e. The van der Waals surface area contributed by atoms with Gasteiger partial charge < -0.3 is 10.2 Å². The number of rotatable bonds is 5. The first-order valence-corrected chi connectivity index (χ1v) is 19.4. The Morgan fingerprint density at radius 2 is 0.870 bits per heavy atom. The summed E-state index contributed by atoms with van der Waals surface area (Å²) >= 11 is 1.88. The van der Waals surface area contributed by atoms with E-state index in [0.29, 0.717) is 0 Å². The molecular weight excluding hydrogens is 673 g/mol. The SMILES string of the molecule is C1=C(N(c2ccc(-c3cc4ccccc4c4ccccc34)cc2)c2ccc(-c3cc4ccccc4c4ccccc34)cc2)c2c(sc3ccccc23)CN1. The third kappa shape index (κ3) is 4.93. The largest absolute Gasteiger partial charge is 0.384 e. The lowest BCUT2D eigenvalue weighted by Gasteiger charge is -2.31. The van der Waals surface area contributed by atoms with Crippen molar-refractivity contribution in [1.29, 1.82) is 0 Å². The lowest BCUT2D eigenvalue weighted by atomic mass is 9.93. The van der Waals surface area contributed by atoms with Gasteiger partial charge in [0.05, 0.1) is 5.70 Å². The minimum atomic E-state index is 0.827. The van der Waals surface area contributed by atoms with Crippen LogP contribution in [0.2, 0.25) is 0 Å². The van der Waals surface area contributed by atoms with Crippen molar-refractivity contribution >= 4 is 81.6 Å². The van der Waals surface area contributed by atoms with Gasteiger partial charge in [-0.2, -0.15) is 0 Å². The van der Waals surface area contributed by atoms with E-state index in [1.165, 1.54) is 85.9 Å². The number of hydrogen-bond donors (Lipinski definition) is 1. The molecule has 9 aromatic carbocycles. The third-order valence-corrected chi connectivity index (χ3v) is 12.2. The van der Waals surface area contributed by atoms with Crippen LogP contribution in [0.5, 0.6) is 0 Å². The summed E-state index contributed by atoms with van der Waals surface area (Å²) in [5.41, 5.74) is 9.60. The monoisotopic (exact) mass is 706 g/mol. The molecule has 0 aliphatic carbocycles. The Morgan fingerprint density at radius 1 is 0.426 bits per heavy atom. The summed E-state index contributed by atoms with van der Waals surface area (Å²) in [6.45, 7) is 0.827. The molecule has 54 heavy (non-hydrogen) atoms. The summed E-state index contributed by atoms with van der Waals surface area (Å²) in [6, 6.07) is 66.8. The van der Waals surface area contributed by atoms with E-state index in [9.17, 15) is 0 Å². The van der Waals surface area contributed by atoms with E-state index in [1.807, 2.05) is 11.3 Å². The second kappa shape index (κ2) is 12.5. The second-order valence-corrected chi connectivity index (χ2v) is 15.3. The van der Waals surface area contributed by atoms with Crippen molar-refractivity contribution in [1.82, 2.24) is 5.32 Å². The first-order chi connectivity index (χ1) is 26.8. The summed E-state index contributed by atoms with van der Waals surface area (Å²) in [5, 5.41) is 15.1. The van der Waals surface area contributed by atoms with Crippen molar-refractivity contribution in [3.8, 4) is 22.3 Å². The summed E-state index contributed by atoms with van der Waals surface area (Å²) in [7, 11) is 0. The van der Waals surface area contributed by atoms with Crippen LogP contribution < -0.4 is 10.2 Å². The number of fused-ring (bicyclic) bond motifs is 9. The highest BCUT2D eigenvalue weighted by molar-refractivity contribution is 7.19. The Labute approximate surface area is 317 Å². The molecule has 254 valence electrons. The molecule has 0 spiro atoms. The number of hydrogen-bond acceptors (Lipinski definition) is 3. The van der Waals surface area contributed by atoms with Crippen LogP contribution in [0.4, 0.5) is 11.4 Å². The fraction of sp³-hybridized carbons (Fsp3) is 0.0196. The Balaban J connectivity index is 1.06. The van der Waals surface area contributed by atoms with Crippen molar-refractivity contribution in [2.24, 2.45) is 0 Å². The molecule has 0 radical (unpaired) electrons. The van der Waals surface area contributed by atoms with Crippen molar-refractivity contribution in [2.75, 3.05) is 4.90 Å². The Hall–Kier alpha value is -6.68. The fourth-order valence-corrected chi connectivity index (χ4v) is 9.75. The quantitative estimate of drug-likeness (QED) is 0.179. The van der Waals surface area contributed by atoms with Crippen LogP contribution in [0, 0.1) is 0 Å². The number of thiophene rings is 1. The molecule has 0 amide bonds. The van der Waals surface area contributed by atoms with Gasteiger partial charge in [-0.1, -0.05) is 140 Å². The number of benzene rings is 9. The van der Waals surface area contributed by atoms with E-state index in [2.05, 4.69) is 198 Å². The molecule has 1 N–H and O–H groups in total. The van der Waals surface area contributed by atoms with Crippen LogP contribution in [-0.2, 0) is 6.54 Å². The van der Waals surface area contributed by atoms with E-state index in [1.54, 1.807) is 0 Å². The van der Waals surface area contributed by atoms with Gasteiger partial charge in [0.2, 0.25) is 0 Å². The van der Waals surface area contributed by atoms with E-state index in [4.69, 9.17) is 0 Å². The van der Waals surface area contributed by atoms with E-state index >= 15 is 0 Å². The Kier molecular flexibility index (Phi) is 7.14. The van der Waals surface area contributed by atoms with Gasteiger partial charge in [-0.15, -0.1) is 11.3 Å². The molecule has 1 aliphatic rings. The molecule has 0 fully saturated rings. The summed E-state index contributed by atoms with van der Waals surface area (Å²) in [5.74, 6) is 0. The predicted octanol–water partition coefficient (Wildman–Crippen LogP) is 14.1. The van der Waals surface area contributed by atoms with E-state index in [-0.39, 0.29) is 0 Å². The first-order valence-electron chi connectivity index (χ1n) is 18.5. The van der Waals surface area contributed by atoms with Crippen molar-refractivity contribution < 1.29 is 0 Å². The lowest BCUT2D eigenvalue weighted by Crippen LogP contribution is -2.22. The maximum atomic E-state index is 3.63. The van der Waals surface area contributed by atoms with Crippen LogP contribution in [0.3, 0.4) is 0 Å². The normalized spacial score (nSPS) is 12.6. The van der Waals surface area contributed by atoms with Crippen LogP contribution in [0.15, 0.2) is 188 Å². The highest BCUT2D eigenvalue weighted by atomic mass is 32.1. The maximum absolute atomic E-state index is 3.63. The average Bonchev–Trinajstić information content (AvgIpc) is 3.63. The lowest BCUT2D eigenvalue weighted by molar-refractivity contribution is 0.867. The molecule has 2 heterocycles. The molecule has 0 bridgehead atoms. The number of nitrogens with one attached hydrogen (secondary N) is 1. The minimum absolute atomic E-state index is 0.827. The van der Waals surface area contributed by atoms with Crippen LogP contribution >= 0.6 is 11.3 Å². The van der Waals surface area contributed by atoms with Crippen LogP contribution in [0.1, 0.15) is 10.4 Å². The molecular formula is C51H34N2S. The van der Waals surface area contributed by atoms with Gasteiger partial charge in [0.1, 0.15) is 0 Å². The van der Waals surface area contributed by atoms with Gasteiger partial charge >= 0.3 is 0 Å². The van der Waals surface area contributed by atoms with Gasteiger partial charge in [-0.3, -0.25) is 0 Å². The standard InChI is InChI=1S/C51H34N2S/c1-3-13-39-35(11-1)29-46(43-17-7-5-15-41(39)43)33-21-25-37(26-22-33)53(48-31-52-32-50-51(48)45-19-9-10-20-49(45)54-50)38-27-23-34(24-28-38)47-30-36-12-2-4-14-40(36)42-16-6-8-18-44(42)47/h1-31,52H,32H2. The van der Waals surface area contributed by atoms with Crippen molar-refractivity contribution in [3.05, 3.63) is 199 Å². The highest BCUT2D eigenvalue weighted by Gasteiger charge is 2.26. The molecule has 11 rings (SSSR count). The molecule has 1 aromatic heterocycles. The molecule has 0 saturated carbocycles. The molecule has 0 saturated heterocycles. The Morgan fingerprint density at radius 3 is 1.41 bits per heavy atom. The van der Waals surface area contributed by atoms with Gasteiger partial charge in [0.15, 0.2) is 0 Å². The fourth-order valence-electron chi connectivity index (χ4n) is 8.58. The zero-order chi connectivity index (χ0) is 35.6. The van der Waals surface area contributed by atoms with Gasteiger partial charge in [-0.05, 0) is 108 Å². The van der Waals surface area contributed by atoms with Gasteiger partial charge in [-0.25, -0.2) is 0 Å². The third-order valence-electron chi connectivity index (χ3n) is 11.1.